The van der Waals surface area contributed by atoms with E-state index in [-0.39, 0.29) is 6.04 Å². The highest BCUT2D eigenvalue weighted by molar-refractivity contribution is 7.09. The van der Waals surface area contributed by atoms with E-state index in [0.717, 1.165) is 17.8 Å². The summed E-state index contributed by atoms with van der Waals surface area (Å²) in [6.07, 6.45) is 7.63. The third kappa shape index (κ3) is 1.30. The molecule has 2 aliphatic carbocycles. The van der Waals surface area contributed by atoms with Crippen molar-refractivity contribution in [2.75, 3.05) is 0 Å². The van der Waals surface area contributed by atoms with E-state index in [9.17, 15) is 0 Å². The van der Waals surface area contributed by atoms with Gasteiger partial charge in [-0.05, 0) is 30.6 Å². The summed E-state index contributed by atoms with van der Waals surface area (Å²) in [7, 11) is 0. The van der Waals surface area contributed by atoms with Crippen LogP contribution in [0, 0.1) is 17.8 Å². The van der Waals surface area contributed by atoms with Crippen molar-refractivity contribution in [1.82, 2.24) is 4.98 Å². The van der Waals surface area contributed by atoms with Gasteiger partial charge in [-0.1, -0.05) is 12.8 Å². The van der Waals surface area contributed by atoms with Crippen LogP contribution in [0.2, 0.25) is 0 Å². The Morgan fingerprint density at radius 3 is 2.64 bits per heavy atom. The van der Waals surface area contributed by atoms with Crippen LogP contribution in [-0.4, -0.2) is 4.98 Å². The summed E-state index contributed by atoms with van der Waals surface area (Å²) in [5.41, 5.74) is 8.16. The molecule has 2 N–H and O–H groups in total. The lowest BCUT2D eigenvalue weighted by Crippen LogP contribution is -2.12. The average Bonchev–Trinajstić information content (AvgIpc) is 2.70. The van der Waals surface area contributed by atoms with E-state index in [2.05, 4.69) is 4.98 Å². The number of fused-ring (bicyclic) bond motifs is 1. The lowest BCUT2D eigenvalue weighted by atomic mass is 10.0. The molecular formula is C11H16N2S. The fourth-order valence-corrected chi connectivity index (χ4v) is 3.84. The van der Waals surface area contributed by atoms with E-state index in [1.807, 2.05) is 11.7 Å². The van der Waals surface area contributed by atoms with Crippen LogP contribution in [0.4, 0.5) is 0 Å². The van der Waals surface area contributed by atoms with Crippen LogP contribution in [-0.2, 0) is 0 Å². The summed E-state index contributed by atoms with van der Waals surface area (Å²) >= 11 is 1.71. The van der Waals surface area contributed by atoms with E-state index in [1.165, 1.54) is 30.6 Å². The minimum Gasteiger partial charge on any atom is -0.323 e. The molecule has 2 saturated carbocycles. The number of hydrogen-bond acceptors (Lipinski definition) is 3. The highest BCUT2D eigenvalue weighted by Crippen LogP contribution is 2.59. The Bertz CT molecular complexity index is 297. The second kappa shape index (κ2) is 3.31. The average molecular weight is 208 g/mol. The number of thiazole rings is 1. The van der Waals surface area contributed by atoms with Crippen molar-refractivity contribution in [2.24, 2.45) is 23.5 Å². The Labute approximate surface area is 88.5 Å². The molecule has 0 bridgehead atoms. The number of hydrogen-bond donors (Lipinski definition) is 1. The summed E-state index contributed by atoms with van der Waals surface area (Å²) in [4.78, 5) is 5.39. The van der Waals surface area contributed by atoms with Gasteiger partial charge in [-0.2, -0.15) is 0 Å². The van der Waals surface area contributed by atoms with Gasteiger partial charge in [-0.25, -0.2) is 0 Å². The normalized spacial score (nSPS) is 37.6. The Kier molecular flexibility index (Phi) is 2.10. The quantitative estimate of drug-likeness (QED) is 0.811. The van der Waals surface area contributed by atoms with E-state index in [0.29, 0.717) is 0 Å². The molecule has 2 fully saturated rings. The van der Waals surface area contributed by atoms with Gasteiger partial charge in [-0.3, -0.25) is 4.98 Å². The first-order chi connectivity index (χ1) is 6.88. The Morgan fingerprint density at radius 1 is 1.36 bits per heavy atom. The largest absolute Gasteiger partial charge is 0.323 e. The zero-order valence-electron chi connectivity index (χ0n) is 8.23. The molecule has 1 heterocycles. The minimum absolute atomic E-state index is 0.274. The summed E-state index contributed by atoms with van der Waals surface area (Å²) in [5, 5.41) is 0. The van der Waals surface area contributed by atoms with Crippen molar-refractivity contribution in [1.29, 1.82) is 0 Å². The third-order valence-electron chi connectivity index (χ3n) is 3.92. The zero-order valence-corrected chi connectivity index (χ0v) is 9.04. The van der Waals surface area contributed by atoms with Gasteiger partial charge in [0.15, 0.2) is 0 Å². The fraction of sp³-hybridized carbons (Fsp3) is 0.727. The zero-order chi connectivity index (χ0) is 9.54. The Balaban J connectivity index is 1.72. The molecule has 76 valence electrons. The van der Waals surface area contributed by atoms with Gasteiger partial charge in [0.25, 0.3) is 0 Å². The highest BCUT2D eigenvalue weighted by atomic mass is 32.1. The van der Waals surface area contributed by atoms with Crippen LogP contribution in [0.3, 0.4) is 0 Å². The number of nitrogens with two attached hydrogens (primary N) is 1. The van der Waals surface area contributed by atoms with Crippen molar-refractivity contribution in [3.8, 4) is 0 Å². The van der Waals surface area contributed by atoms with Gasteiger partial charge in [-0.15, -0.1) is 11.3 Å². The molecule has 3 rings (SSSR count). The van der Waals surface area contributed by atoms with Crippen LogP contribution < -0.4 is 5.73 Å². The second-order valence-electron chi connectivity index (χ2n) is 4.62. The summed E-state index contributed by atoms with van der Waals surface area (Å²) < 4.78 is 0. The highest BCUT2D eigenvalue weighted by Gasteiger charge is 2.53. The number of rotatable bonds is 2. The van der Waals surface area contributed by atoms with Gasteiger partial charge < -0.3 is 5.73 Å². The molecule has 3 unspecified atom stereocenters. The monoisotopic (exact) mass is 208 g/mol. The van der Waals surface area contributed by atoms with Crippen LogP contribution in [0.15, 0.2) is 11.7 Å². The summed E-state index contributed by atoms with van der Waals surface area (Å²) in [5.74, 6) is 2.67. The molecule has 3 heteroatoms. The molecule has 2 nitrogen and oxygen atoms in total. The number of nitrogens with zero attached hydrogens (tertiary/aromatic N) is 1. The first-order valence-corrected chi connectivity index (χ1v) is 6.40. The molecule has 0 amide bonds. The van der Waals surface area contributed by atoms with E-state index < -0.39 is 0 Å². The summed E-state index contributed by atoms with van der Waals surface area (Å²) in [6, 6.07) is 0.274. The van der Waals surface area contributed by atoms with Crippen molar-refractivity contribution < 1.29 is 0 Å². The SMILES string of the molecule is NC(c1cncs1)C1C2CCCCC21. The van der Waals surface area contributed by atoms with Crippen LogP contribution in [0.25, 0.3) is 0 Å². The third-order valence-corrected chi connectivity index (χ3v) is 4.79. The van der Waals surface area contributed by atoms with Crippen molar-refractivity contribution in [3.05, 3.63) is 16.6 Å². The van der Waals surface area contributed by atoms with E-state index in [1.54, 1.807) is 11.3 Å². The molecule has 3 atom stereocenters. The first kappa shape index (κ1) is 8.86. The van der Waals surface area contributed by atoms with Gasteiger partial charge in [0.05, 0.1) is 5.51 Å². The van der Waals surface area contributed by atoms with Crippen molar-refractivity contribution >= 4 is 11.3 Å². The molecular weight excluding hydrogens is 192 g/mol. The van der Waals surface area contributed by atoms with Crippen molar-refractivity contribution in [2.45, 2.75) is 31.7 Å². The van der Waals surface area contributed by atoms with Gasteiger partial charge in [0.2, 0.25) is 0 Å². The lowest BCUT2D eigenvalue weighted by Gasteiger charge is -2.07. The smallest absolute Gasteiger partial charge is 0.0794 e. The van der Waals surface area contributed by atoms with Crippen LogP contribution in [0.1, 0.15) is 36.6 Å². The van der Waals surface area contributed by atoms with Gasteiger partial charge >= 0.3 is 0 Å². The second-order valence-corrected chi connectivity index (χ2v) is 5.54. The molecule has 14 heavy (non-hydrogen) atoms. The topological polar surface area (TPSA) is 38.9 Å². The molecule has 0 aliphatic heterocycles. The minimum atomic E-state index is 0.274. The van der Waals surface area contributed by atoms with Gasteiger partial charge in [0.1, 0.15) is 0 Å². The first-order valence-electron chi connectivity index (χ1n) is 5.52. The molecule has 0 aromatic carbocycles. The van der Waals surface area contributed by atoms with Gasteiger partial charge in [0, 0.05) is 17.1 Å². The molecule has 0 saturated heterocycles. The predicted octanol–water partition coefficient (Wildman–Crippen LogP) is 2.58. The summed E-state index contributed by atoms with van der Waals surface area (Å²) in [6.45, 7) is 0. The standard InChI is InChI=1S/C11H16N2S/c12-11(9-5-13-6-14-9)10-7-3-1-2-4-8(7)10/h5-8,10-11H,1-4,12H2. The maximum absolute atomic E-state index is 6.27. The van der Waals surface area contributed by atoms with Crippen LogP contribution >= 0.6 is 11.3 Å². The molecule has 2 aliphatic rings. The molecule has 0 spiro atoms. The Morgan fingerprint density at radius 2 is 2.07 bits per heavy atom. The maximum Gasteiger partial charge on any atom is 0.0794 e. The van der Waals surface area contributed by atoms with E-state index in [4.69, 9.17) is 5.73 Å². The molecule has 0 radical (unpaired) electrons. The van der Waals surface area contributed by atoms with Crippen LogP contribution in [0.5, 0.6) is 0 Å². The molecule has 1 aromatic rings. The Hall–Kier alpha value is -0.410. The lowest BCUT2D eigenvalue weighted by molar-refractivity contribution is 0.480. The fourth-order valence-electron chi connectivity index (χ4n) is 3.16. The number of aromatic nitrogens is 1. The maximum atomic E-state index is 6.27. The van der Waals surface area contributed by atoms with E-state index >= 15 is 0 Å². The predicted molar refractivity (Wildman–Crippen MR) is 58.0 cm³/mol. The molecule has 1 aromatic heterocycles. The van der Waals surface area contributed by atoms with Crippen molar-refractivity contribution in [3.63, 3.8) is 0 Å².